The molecule has 1 unspecified atom stereocenters. The first kappa shape index (κ1) is 18.0. The average Bonchev–Trinajstić information content (AvgIpc) is 2.37. The van der Waals surface area contributed by atoms with Crippen molar-refractivity contribution in [2.24, 2.45) is 11.7 Å². The molecule has 0 fully saturated rings. The lowest BCUT2D eigenvalue weighted by molar-refractivity contribution is -0.137. The third kappa shape index (κ3) is 5.00. The van der Waals surface area contributed by atoms with Crippen LogP contribution in [0.1, 0.15) is 44.9 Å². The summed E-state index contributed by atoms with van der Waals surface area (Å²) in [6.45, 7) is 9.65. The van der Waals surface area contributed by atoms with Crippen LogP contribution in [-0.4, -0.2) is 24.0 Å². The minimum atomic E-state index is -4.30. The van der Waals surface area contributed by atoms with E-state index < -0.39 is 11.7 Å². The minimum absolute atomic E-state index is 0.0605. The SMILES string of the molecule is CC(C)CN(C(C)C)C(CN)c1ccc(C(F)(F)F)cc1. The maximum atomic E-state index is 12.6. The van der Waals surface area contributed by atoms with Gasteiger partial charge in [0, 0.05) is 25.2 Å². The fourth-order valence-corrected chi connectivity index (χ4v) is 2.48. The van der Waals surface area contributed by atoms with Crippen molar-refractivity contribution in [1.82, 2.24) is 4.90 Å². The molecule has 0 bridgehead atoms. The molecular weight excluding hydrogens is 277 g/mol. The molecule has 1 rings (SSSR count). The van der Waals surface area contributed by atoms with E-state index in [4.69, 9.17) is 5.73 Å². The molecular formula is C16H25F3N2. The van der Waals surface area contributed by atoms with Crippen molar-refractivity contribution in [3.05, 3.63) is 35.4 Å². The Kier molecular flexibility index (Phi) is 6.23. The van der Waals surface area contributed by atoms with E-state index in [-0.39, 0.29) is 12.1 Å². The molecule has 21 heavy (non-hydrogen) atoms. The van der Waals surface area contributed by atoms with Gasteiger partial charge in [0.05, 0.1) is 5.56 Å². The summed E-state index contributed by atoms with van der Waals surface area (Å²) in [7, 11) is 0. The molecule has 1 atom stereocenters. The van der Waals surface area contributed by atoms with Gasteiger partial charge >= 0.3 is 6.18 Å². The summed E-state index contributed by atoms with van der Waals surface area (Å²) < 4.78 is 37.9. The van der Waals surface area contributed by atoms with E-state index in [1.807, 2.05) is 0 Å². The fourth-order valence-electron chi connectivity index (χ4n) is 2.48. The van der Waals surface area contributed by atoms with Gasteiger partial charge in [0.15, 0.2) is 0 Å². The average molecular weight is 302 g/mol. The van der Waals surface area contributed by atoms with Gasteiger partial charge in [0.1, 0.15) is 0 Å². The van der Waals surface area contributed by atoms with Gasteiger partial charge < -0.3 is 5.73 Å². The summed E-state index contributed by atoms with van der Waals surface area (Å²) in [4.78, 5) is 2.24. The Labute approximate surface area is 125 Å². The Morgan fingerprint density at radius 3 is 1.90 bits per heavy atom. The maximum absolute atomic E-state index is 12.6. The lowest BCUT2D eigenvalue weighted by atomic mass is 10.0. The van der Waals surface area contributed by atoms with Crippen LogP contribution in [-0.2, 0) is 6.18 Å². The predicted molar refractivity (Wildman–Crippen MR) is 79.9 cm³/mol. The minimum Gasteiger partial charge on any atom is -0.329 e. The van der Waals surface area contributed by atoms with Crippen molar-refractivity contribution in [3.63, 3.8) is 0 Å². The van der Waals surface area contributed by atoms with Crippen molar-refractivity contribution in [3.8, 4) is 0 Å². The first-order valence-electron chi connectivity index (χ1n) is 7.29. The summed E-state index contributed by atoms with van der Waals surface area (Å²) in [6, 6.07) is 5.56. The zero-order valence-corrected chi connectivity index (χ0v) is 13.1. The summed E-state index contributed by atoms with van der Waals surface area (Å²) in [5, 5.41) is 0. The normalized spacial score (nSPS) is 14.2. The van der Waals surface area contributed by atoms with Crippen LogP contribution in [0.15, 0.2) is 24.3 Å². The number of halogens is 3. The maximum Gasteiger partial charge on any atom is 0.416 e. The van der Waals surface area contributed by atoms with E-state index in [2.05, 4.69) is 32.6 Å². The van der Waals surface area contributed by atoms with Crippen LogP contribution < -0.4 is 5.73 Å². The second kappa shape index (κ2) is 7.27. The Balaban J connectivity index is 3.02. The number of rotatable bonds is 6. The molecule has 0 radical (unpaired) electrons. The second-order valence-corrected chi connectivity index (χ2v) is 6.06. The highest BCUT2D eigenvalue weighted by Crippen LogP contribution is 2.31. The molecule has 0 amide bonds. The third-order valence-electron chi connectivity index (χ3n) is 3.49. The van der Waals surface area contributed by atoms with Gasteiger partial charge in [0.2, 0.25) is 0 Å². The smallest absolute Gasteiger partial charge is 0.329 e. The standard InChI is InChI=1S/C16H25F3N2/c1-11(2)10-21(12(3)4)15(9-20)13-5-7-14(8-6-13)16(17,18)19/h5-8,11-12,15H,9-10,20H2,1-4H3. The lowest BCUT2D eigenvalue weighted by Crippen LogP contribution is -2.40. The quantitative estimate of drug-likeness (QED) is 0.858. The number of nitrogens with two attached hydrogens (primary N) is 1. The Morgan fingerprint density at radius 1 is 1.05 bits per heavy atom. The number of benzene rings is 1. The van der Waals surface area contributed by atoms with Crippen LogP contribution in [0.4, 0.5) is 13.2 Å². The van der Waals surface area contributed by atoms with Crippen molar-refractivity contribution < 1.29 is 13.2 Å². The molecule has 5 heteroatoms. The van der Waals surface area contributed by atoms with Crippen LogP contribution >= 0.6 is 0 Å². The van der Waals surface area contributed by atoms with E-state index >= 15 is 0 Å². The molecule has 0 spiro atoms. The van der Waals surface area contributed by atoms with Crippen LogP contribution in [0.25, 0.3) is 0 Å². The monoisotopic (exact) mass is 302 g/mol. The molecule has 2 nitrogen and oxygen atoms in total. The molecule has 0 saturated heterocycles. The molecule has 1 aromatic rings. The van der Waals surface area contributed by atoms with Crippen LogP contribution in [0.2, 0.25) is 0 Å². The molecule has 120 valence electrons. The first-order valence-corrected chi connectivity index (χ1v) is 7.29. The largest absolute Gasteiger partial charge is 0.416 e. The number of nitrogens with zero attached hydrogens (tertiary/aromatic N) is 1. The number of alkyl halides is 3. The van der Waals surface area contributed by atoms with Crippen molar-refractivity contribution in [1.29, 1.82) is 0 Å². The predicted octanol–water partition coefficient (Wildman–Crippen LogP) is 4.07. The highest BCUT2D eigenvalue weighted by atomic mass is 19.4. The molecule has 0 saturated carbocycles. The first-order chi connectivity index (χ1) is 9.66. The Morgan fingerprint density at radius 2 is 1.57 bits per heavy atom. The molecule has 0 aliphatic carbocycles. The van der Waals surface area contributed by atoms with Gasteiger partial charge in [-0.1, -0.05) is 26.0 Å². The van der Waals surface area contributed by atoms with Crippen molar-refractivity contribution >= 4 is 0 Å². The van der Waals surface area contributed by atoms with Crippen LogP contribution in [0, 0.1) is 5.92 Å². The summed E-state index contributed by atoms with van der Waals surface area (Å²) in [6.07, 6.45) is -4.30. The van der Waals surface area contributed by atoms with E-state index in [1.54, 1.807) is 0 Å². The van der Waals surface area contributed by atoms with E-state index in [0.717, 1.165) is 24.2 Å². The zero-order valence-electron chi connectivity index (χ0n) is 13.1. The van der Waals surface area contributed by atoms with Gasteiger partial charge in [-0.2, -0.15) is 13.2 Å². The molecule has 1 aromatic carbocycles. The summed E-state index contributed by atoms with van der Waals surface area (Å²) in [5.74, 6) is 0.468. The van der Waals surface area contributed by atoms with Crippen molar-refractivity contribution in [2.75, 3.05) is 13.1 Å². The molecule has 0 aliphatic heterocycles. The number of hydrogen-bond donors (Lipinski definition) is 1. The summed E-state index contributed by atoms with van der Waals surface area (Å²) >= 11 is 0. The highest BCUT2D eigenvalue weighted by molar-refractivity contribution is 5.27. The molecule has 0 aromatic heterocycles. The van der Waals surface area contributed by atoms with E-state index in [0.29, 0.717) is 12.5 Å². The third-order valence-corrected chi connectivity index (χ3v) is 3.49. The van der Waals surface area contributed by atoms with Gasteiger partial charge in [-0.15, -0.1) is 0 Å². The van der Waals surface area contributed by atoms with Crippen molar-refractivity contribution in [2.45, 2.75) is 46.0 Å². The molecule has 0 aliphatic rings. The Hall–Kier alpha value is -1.07. The highest BCUT2D eigenvalue weighted by Gasteiger charge is 2.30. The number of hydrogen-bond acceptors (Lipinski definition) is 2. The van der Waals surface area contributed by atoms with Crippen LogP contribution in [0.3, 0.4) is 0 Å². The Bertz CT molecular complexity index is 424. The van der Waals surface area contributed by atoms with Gasteiger partial charge in [-0.3, -0.25) is 4.90 Å². The van der Waals surface area contributed by atoms with Crippen LogP contribution in [0.5, 0.6) is 0 Å². The second-order valence-electron chi connectivity index (χ2n) is 6.06. The van der Waals surface area contributed by atoms with Gasteiger partial charge in [-0.25, -0.2) is 0 Å². The topological polar surface area (TPSA) is 29.3 Å². The van der Waals surface area contributed by atoms with Gasteiger partial charge in [-0.05, 0) is 37.5 Å². The molecule has 0 heterocycles. The summed E-state index contributed by atoms with van der Waals surface area (Å²) in [5.41, 5.74) is 6.09. The van der Waals surface area contributed by atoms with E-state index in [9.17, 15) is 13.2 Å². The molecule has 2 N–H and O–H groups in total. The van der Waals surface area contributed by atoms with Gasteiger partial charge in [0.25, 0.3) is 0 Å². The lowest BCUT2D eigenvalue weighted by Gasteiger charge is -2.36. The fraction of sp³-hybridized carbons (Fsp3) is 0.625. The zero-order chi connectivity index (χ0) is 16.2. The van der Waals surface area contributed by atoms with E-state index in [1.165, 1.54) is 12.1 Å².